The molecule has 8 heteroatoms. The molecule has 0 aromatic rings. The highest BCUT2D eigenvalue weighted by Crippen LogP contribution is 2.19. The number of carbonyl (C=O) groups is 1. The average molecular weight is 426 g/mol. The number of nitrogens with zero attached hydrogens (tertiary/aromatic N) is 4. The molecule has 2 aliphatic rings. The van der Waals surface area contributed by atoms with Crippen LogP contribution in [0.4, 0.5) is 0 Å². The molecule has 8 nitrogen and oxygen atoms in total. The Balaban J connectivity index is 1.73. The molecule has 1 unspecified atom stereocenters. The summed E-state index contributed by atoms with van der Waals surface area (Å²) in [6, 6.07) is 0.0557. The zero-order valence-corrected chi connectivity index (χ0v) is 19.6. The lowest BCUT2D eigenvalue weighted by atomic mass is 10.1. The van der Waals surface area contributed by atoms with Crippen molar-refractivity contribution in [3.05, 3.63) is 0 Å². The van der Waals surface area contributed by atoms with Crippen LogP contribution in [-0.4, -0.2) is 112 Å². The minimum Gasteiger partial charge on any atom is -0.385 e. The first kappa shape index (κ1) is 24.9. The maximum absolute atomic E-state index is 12.3. The number of methoxy groups -OCH3 is 1. The number of aliphatic imine (C=N–C) groups is 1. The van der Waals surface area contributed by atoms with Gasteiger partial charge >= 0.3 is 0 Å². The van der Waals surface area contributed by atoms with Crippen LogP contribution in [0.2, 0.25) is 0 Å². The first-order valence-electron chi connectivity index (χ1n) is 11.7. The monoisotopic (exact) mass is 425 g/mol. The topological polar surface area (TPSA) is 69.6 Å². The van der Waals surface area contributed by atoms with Crippen LogP contribution >= 0.6 is 0 Å². The van der Waals surface area contributed by atoms with Gasteiger partial charge in [-0.05, 0) is 52.0 Å². The second kappa shape index (κ2) is 13.8. The van der Waals surface area contributed by atoms with E-state index in [0.717, 1.165) is 97.0 Å². The number of rotatable bonds is 11. The first-order valence-corrected chi connectivity index (χ1v) is 11.7. The molecule has 0 aromatic carbocycles. The van der Waals surface area contributed by atoms with Crippen molar-refractivity contribution in [2.45, 2.75) is 57.6 Å². The Morgan fingerprint density at radius 2 is 1.90 bits per heavy atom. The number of likely N-dealkylation sites (tertiary alicyclic amines) is 2. The van der Waals surface area contributed by atoms with Crippen molar-refractivity contribution >= 4 is 11.9 Å². The lowest BCUT2D eigenvalue weighted by Gasteiger charge is -2.34. The van der Waals surface area contributed by atoms with Crippen molar-refractivity contribution in [1.29, 1.82) is 0 Å². The molecule has 1 amide bonds. The standard InChI is InChI=1S/C22H43N5O3/c1-5-23-22(27-15-10-19(11-16-27)30-18-8-17-29-4)24-12-7-14-26-13-6-9-20(26)21(28)25(2)3/h19-20H,5-18H2,1-4H3,(H,23,24). The van der Waals surface area contributed by atoms with Gasteiger partial charge in [0.2, 0.25) is 5.91 Å². The Morgan fingerprint density at radius 3 is 2.57 bits per heavy atom. The van der Waals surface area contributed by atoms with E-state index in [1.54, 1.807) is 12.0 Å². The molecule has 0 bridgehead atoms. The Labute approximate surface area is 183 Å². The number of ether oxygens (including phenoxy) is 2. The van der Waals surface area contributed by atoms with E-state index in [9.17, 15) is 4.79 Å². The predicted molar refractivity (Wildman–Crippen MR) is 121 cm³/mol. The molecule has 2 rings (SSSR count). The molecule has 0 radical (unpaired) electrons. The number of amides is 1. The largest absolute Gasteiger partial charge is 0.385 e. The van der Waals surface area contributed by atoms with Crippen LogP contribution in [-0.2, 0) is 14.3 Å². The van der Waals surface area contributed by atoms with Crippen LogP contribution in [0.5, 0.6) is 0 Å². The number of hydrogen-bond acceptors (Lipinski definition) is 5. The van der Waals surface area contributed by atoms with E-state index in [1.807, 2.05) is 14.1 Å². The van der Waals surface area contributed by atoms with Crippen molar-refractivity contribution in [3.8, 4) is 0 Å². The molecule has 1 atom stereocenters. The van der Waals surface area contributed by atoms with Crippen LogP contribution in [0.25, 0.3) is 0 Å². The summed E-state index contributed by atoms with van der Waals surface area (Å²) in [5, 5.41) is 3.44. The third-order valence-corrected chi connectivity index (χ3v) is 5.88. The van der Waals surface area contributed by atoms with E-state index in [2.05, 4.69) is 22.0 Å². The summed E-state index contributed by atoms with van der Waals surface area (Å²) in [6.45, 7) is 9.23. The fourth-order valence-electron chi connectivity index (χ4n) is 4.24. The first-order chi connectivity index (χ1) is 14.6. The van der Waals surface area contributed by atoms with Crippen LogP contribution in [0.1, 0.15) is 45.4 Å². The highest BCUT2D eigenvalue weighted by molar-refractivity contribution is 5.81. The van der Waals surface area contributed by atoms with Gasteiger partial charge in [0.25, 0.3) is 0 Å². The SMILES string of the molecule is CCNC(=NCCCN1CCCC1C(=O)N(C)C)N1CCC(OCCCOC)CC1. The van der Waals surface area contributed by atoms with E-state index >= 15 is 0 Å². The molecule has 2 aliphatic heterocycles. The molecule has 1 N–H and O–H groups in total. The lowest BCUT2D eigenvalue weighted by Crippen LogP contribution is -2.47. The summed E-state index contributed by atoms with van der Waals surface area (Å²) in [4.78, 5) is 23.6. The summed E-state index contributed by atoms with van der Waals surface area (Å²) in [6.07, 6.45) is 6.45. The molecule has 2 heterocycles. The van der Waals surface area contributed by atoms with Crippen LogP contribution in [0.15, 0.2) is 4.99 Å². The highest BCUT2D eigenvalue weighted by atomic mass is 16.5. The second-order valence-electron chi connectivity index (χ2n) is 8.42. The van der Waals surface area contributed by atoms with Crippen molar-refractivity contribution in [2.75, 3.05) is 73.7 Å². The minimum absolute atomic E-state index is 0.0557. The van der Waals surface area contributed by atoms with Crippen LogP contribution < -0.4 is 5.32 Å². The number of piperidine rings is 1. The van der Waals surface area contributed by atoms with E-state index < -0.39 is 0 Å². The Morgan fingerprint density at radius 1 is 1.13 bits per heavy atom. The lowest BCUT2D eigenvalue weighted by molar-refractivity contribution is -0.133. The van der Waals surface area contributed by atoms with Gasteiger partial charge in [-0.2, -0.15) is 0 Å². The molecule has 2 saturated heterocycles. The number of hydrogen-bond donors (Lipinski definition) is 1. The Bertz CT molecular complexity index is 521. The van der Waals surface area contributed by atoms with Gasteiger partial charge in [-0.3, -0.25) is 14.7 Å². The van der Waals surface area contributed by atoms with Crippen LogP contribution in [0, 0.1) is 0 Å². The fourth-order valence-corrected chi connectivity index (χ4v) is 4.24. The number of carbonyl (C=O) groups excluding carboxylic acids is 1. The van der Waals surface area contributed by atoms with Gasteiger partial charge in [-0.25, -0.2) is 0 Å². The maximum atomic E-state index is 12.3. The van der Waals surface area contributed by atoms with E-state index in [1.165, 1.54) is 0 Å². The number of guanidine groups is 1. The van der Waals surface area contributed by atoms with Gasteiger partial charge in [0.1, 0.15) is 0 Å². The summed E-state index contributed by atoms with van der Waals surface area (Å²) >= 11 is 0. The highest BCUT2D eigenvalue weighted by Gasteiger charge is 2.31. The zero-order chi connectivity index (χ0) is 21.8. The van der Waals surface area contributed by atoms with E-state index in [4.69, 9.17) is 14.5 Å². The quantitative estimate of drug-likeness (QED) is 0.307. The summed E-state index contributed by atoms with van der Waals surface area (Å²) in [5.41, 5.74) is 0. The smallest absolute Gasteiger partial charge is 0.239 e. The third-order valence-electron chi connectivity index (χ3n) is 5.88. The van der Waals surface area contributed by atoms with Gasteiger partial charge in [-0.15, -0.1) is 0 Å². The number of likely N-dealkylation sites (N-methyl/N-ethyl adjacent to an activating group) is 1. The molecule has 0 aliphatic carbocycles. The van der Waals surface area contributed by atoms with E-state index in [-0.39, 0.29) is 11.9 Å². The second-order valence-corrected chi connectivity index (χ2v) is 8.42. The van der Waals surface area contributed by atoms with Crippen molar-refractivity contribution < 1.29 is 14.3 Å². The summed E-state index contributed by atoms with van der Waals surface area (Å²) in [7, 11) is 5.42. The van der Waals surface area contributed by atoms with Gasteiger partial charge in [0.05, 0.1) is 12.1 Å². The Kier molecular flexibility index (Phi) is 11.5. The maximum Gasteiger partial charge on any atom is 0.239 e. The fraction of sp³-hybridized carbons (Fsp3) is 0.909. The zero-order valence-electron chi connectivity index (χ0n) is 19.6. The molecule has 174 valence electrons. The third kappa shape index (κ3) is 8.04. The minimum atomic E-state index is 0.0557. The molecule has 0 saturated carbocycles. The van der Waals surface area contributed by atoms with Gasteiger partial charge in [0, 0.05) is 67.1 Å². The van der Waals surface area contributed by atoms with Gasteiger partial charge in [0.15, 0.2) is 5.96 Å². The molecule has 0 spiro atoms. The predicted octanol–water partition coefficient (Wildman–Crippen LogP) is 1.41. The van der Waals surface area contributed by atoms with Crippen molar-refractivity contribution in [2.24, 2.45) is 4.99 Å². The summed E-state index contributed by atoms with van der Waals surface area (Å²) in [5.74, 6) is 1.24. The molecule has 0 aromatic heterocycles. The molecular formula is C22H43N5O3. The Hall–Kier alpha value is -1.38. The van der Waals surface area contributed by atoms with Gasteiger partial charge < -0.3 is 24.6 Å². The van der Waals surface area contributed by atoms with Crippen LogP contribution in [0.3, 0.4) is 0 Å². The van der Waals surface area contributed by atoms with E-state index in [0.29, 0.717) is 6.10 Å². The van der Waals surface area contributed by atoms with Crippen molar-refractivity contribution in [1.82, 2.24) is 20.0 Å². The molecule has 2 fully saturated rings. The number of nitrogens with one attached hydrogen (secondary N) is 1. The van der Waals surface area contributed by atoms with Gasteiger partial charge in [-0.1, -0.05) is 0 Å². The molecule has 30 heavy (non-hydrogen) atoms. The molecular weight excluding hydrogens is 382 g/mol. The summed E-state index contributed by atoms with van der Waals surface area (Å²) < 4.78 is 11.1. The normalized spacial score (nSPS) is 21.3. The average Bonchev–Trinajstić information content (AvgIpc) is 3.21. The van der Waals surface area contributed by atoms with Crippen molar-refractivity contribution in [3.63, 3.8) is 0 Å².